The molecule has 142 valence electrons. The predicted octanol–water partition coefficient (Wildman–Crippen LogP) is 7.37. The van der Waals surface area contributed by atoms with E-state index in [2.05, 4.69) is 86.7 Å². The summed E-state index contributed by atoms with van der Waals surface area (Å²) < 4.78 is 2.09. The third-order valence-corrected chi connectivity index (χ3v) is 6.83. The monoisotopic (exact) mass is 394 g/mol. The van der Waals surface area contributed by atoms with Crippen LogP contribution >= 0.6 is 11.3 Å². The van der Waals surface area contributed by atoms with Gasteiger partial charge in [0.25, 0.3) is 0 Å². The van der Waals surface area contributed by atoms with E-state index in [-0.39, 0.29) is 5.43 Å². The van der Waals surface area contributed by atoms with Crippen molar-refractivity contribution in [3.05, 3.63) is 100 Å². The van der Waals surface area contributed by atoms with Crippen LogP contribution in [0.3, 0.4) is 0 Å². The van der Waals surface area contributed by atoms with Gasteiger partial charge in [-0.15, -0.1) is 11.3 Å². The van der Waals surface area contributed by atoms with Crippen molar-refractivity contribution in [3.8, 4) is 11.1 Å². The molecule has 0 spiro atoms. The Labute approximate surface area is 174 Å². The van der Waals surface area contributed by atoms with E-state index in [1.807, 2.05) is 6.07 Å². The van der Waals surface area contributed by atoms with E-state index in [0.717, 1.165) is 43.3 Å². The fourth-order valence-corrected chi connectivity index (χ4v) is 5.14. The lowest BCUT2D eigenvalue weighted by Crippen LogP contribution is -2.05. The minimum Gasteiger partial charge on any atom is -0.288 e. The lowest BCUT2D eigenvalue weighted by atomic mass is 9.92. The number of rotatable bonds is 2. The molecular weight excluding hydrogens is 372 g/mol. The highest BCUT2D eigenvalue weighted by atomic mass is 32.1. The van der Waals surface area contributed by atoms with Crippen LogP contribution in [0.2, 0.25) is 0 Å². The molecule has 1 aliphatic carbocycles. The van der Waals surface area contributed by atoms with Gasteiger partial charge in [0.05, 0.1) is 0 Å². The summed E-state index contributed by atoms with van der Waals surface area (Å²) in [6.45, 7) is 4.31. The van der Waals surface area contributed by atoms with Gasteiger partial charge in [-0.05, 0) is 59.7 Å². The van der Waals surface area contributed by atoms with E-state index in [0.29, 0.717) is 5.92 Å². The smallest absolute Gasteiger partial charge is 0.196 e. The van der Waals surface area contributed by atoms with Crippen LogP contribution in [0.15, 0.2) is 83.7 Å². The van der Waals surface area contributed by atoms with Crippen LogP contribution in [0.4, 0.5) is 0 Å². The molecule has 1 aliphatic rings. The maximum absolute atomic E-state index is 13.5. The topological polar surface area (TPSA) is 17.1 Å². The Morgan fingerprint density at radius 3 is 2.48 bits per heavy atom. The van der Waals surface area contributed by atoms with Crippen LogP contribution in [0.5, 0.6) is 0 Å². The molecule has 4 aromatic rings. The summed E-state index contributed by atoms with van der Waals surface area (Å²) >= 11 is 1.70. The maximum atomic E-state index is 13.5. The highest BCUT2D eigenvalue weighted by Crippen LogP contribution is 2.34. The summed E-state index contributed by atoms with van der Waals surface area (Å²) in [4.78, 5) is 13.5. The van der Waals surface area contributed by atoms with Crippen molar-refractivity contribution in [2.75, 3.05) is 0 Å². The molecule has 1 atom stereocenters. The average molecular weight is 395 g/mol. The maximum Gasteiger partial charge on any atom is 0.196 e. The number of hydrogen-bond acceptors (Lipinski definition) is 2. The van der Waals surface area contributed by atoms with Crippen LogP contribution in [0.1, 0.15) is 24.5 Å². The number of benzene rings is 3. The Morgan fingerprint density at radius 1 is 0.931 bits per heavy atom. The number of fused-ring (bicyclic) bond motifs is 2. The van der Waals surface area contributed by atoms with E-state index in [1.165, 1.54) is 11.1 Å². The minimum atomic E-state index is 0.132. The molecule has 3 aromatic carbocycles. The highest BCUT2D eigenvalue weighted by molar-refractivity contribution is 7.24. The summed E-state index contributed by atoms with van der Waals surface area (Å²) in [5.74, 6) is 0.560. The van der Waals surface area contributed by atoms with Crippen molar-refractivity contribution >= 4 is 37.1 Å². The summed E-state index contributed by atoms with van der Waals surface area (Å²) in [5, 5.41) is 1.65. The van der Waals surface area contributed by atoms with Crippen molar-refractivity contribution in [3.63, 3.8) is 0 Å². The summed E-state index contributed by atoms with van der Waals surface area (Å²) in [6.07, 6.45) is 7.68. The first-order chi connectivity index (χ1) is 14.1. The Morgan fingerprint density at radius 2 is 1.72 bits per heavy atom. The summed E-state index contributed by atoms with van der Waals surface area (Å²) in [7, 11) is 0. The van der Waals surface area contributed by atoms with E-state index >= 15 is 0 Å². The first kappa shape index (κ1) is 18.1. The fraction of sp³-hybridized carbons (Fsp3) is 0.148. The minimum absolute atomic E-state index is 0.132. The lowest BCUT2D eigenvalue weighted by molar-refractivity contribution is 0.739. The van der Waals surface area contributed by atoms with Gasteiger partial charge in [0.1, 0.15) is 0 Å². The van der Waals surface area contributed by atoms with Gasteiger partial charge in [0.15, 0.2) is 5.43 Å². The quantitative estimate of drug-likeness (QED) is 0.324. The van der Waals surface area contributed by atoms with E-state index in [1.54, 1.807) is 11.3 Å². The Hall–Kier alpha value is -2.97. The van der Waals surface area contributed by atoms with Crippen molar-refractivity contribution in [2.45, 2.75) is 20.3 Å². The van der Waals surface area contributed by atoms with Gasteiger partial charge < -0.3 is 0 Å². The second kappa shape index (κ2) is 7.13. The molecule has 0 saturated carbocycles. The molecule has 2 heteroatoms. The van der Waals surface area contributed by atoms with Gasteiger partial charge >= 0.3 is 0 Å². The van der Waals surface area contributed by atoms with Gasteiger partial charge in [-0.25, -0.2) is 0 Å². The highest BCUT2D eigenvalue weighted by Gasteiger charge is 2.14. The molecule has 1 unspecified atom stereocenters. The SMILES string of the molecule is Cc1ccc(-c2ccc3c(=O)c4c(C5=CCC(C)C=C5)cccc4sc3c2)cc1. The van der Waals surface area contributed by atoms with Gasteiger partial charge in [0, 0.05) is 20.2 Å². The zero-order chi connectivity index (χ0) is 20.0. The molecule has 0 saturated heterocycles. The van der Waals surface area contributed by atoms with E-state index < -0.39 is 0 Å². The normalized spacial score (nSPS) is 16.3. The molecule has 0 radical (unpaired) electrons. The molecule has 0 amide bonds. The van der Waals surface area contributed by atoms with E-state index in [4.69, 9.17) is 0 Å². The number of hydrogen-bond donors (Lipinski definition) is 0. The Balaban J connectivity index is 1.71. The van der Waals surface area contributed by atoms with Crippen molar-refractivity contribution in [1.29, 1.82) is 0 Å². The molecule has 5 rings (SSSR count). The second-order valence-corrected chi connectivity index (χ2v) is 9.00. The molecule has 0 N–H and O–H groups in total. The third-order valence-electron chi connectivity index (χ3n) is 5.71. The average Bonchev–Trinajstić information content (AvgIpc) is 2.74. The molecule has 0 bridgehead atoms. The van der Waals surface area contributed by atoms with Crippen LogP contribution in [0, 0.1) is 12.8 Å². The molecule has 1 nitrogen and oxygen atoms in total. The molecular formula is C27H22OS. The number of aryl methyl sites for hydroxylation is 1. The zero-order valence-corrected chi connectivity index (χ0v) is 17.4. The van der Waals surface area contributed by atoms with E-state index in [9.17, 15) is 4.79 Å². The third kappa shape index (κ3) is 3.24. The zero-order valence-electron chi connectivity index (χ0n) is 16.6. The molecule has 0 aliphatic heterocycles. The van der Waals surface area contributed by atoms with Crippen LogP contribution in [-0.4, -0.2) is 0 Å². The fourth-order valence-electron chi connectivity index (χ4n) is 3.99. The van der Waals surface area contributed by atoms with Crippen molar-refractivity contribution in [2.24, 2.45) is 5.92 Å². The summed E-state index contributed by atoms with van der Waals surface area (Å²) in [6, 6.07) is 21.0. The summed E-state index contributed by atoms with van der Waals surface area (Å²) in [5.41, 5.74) is 5.92. The molecule has 0 fully saturated rings. The first-order valence-electron chi connectivity index (χ1n) is 10.1. The standard InChI is InChI=1S/C27H22OS/c1-17-6-10-19(11-7-17)21-14-15-23-25(16-21)29-24-5-3-4-22(26(24)27(23)28)20-12-8-18(2)9-13-20/h3-8,10-16,18H,9H2,1-2H3. The molecule has 1 aromatic heterocycles. The van der Waals surface area contributed by atoms with Gasteiger partial charge in [-0.2, -0.15) is 0 Å². The first-order valence-corrected chi connectivity index (χ1v) is 10.9. The van der Waals surface area contributed by atoms with Crippen LogP contribution < -0.4 is 5.43 Å². The number of allylic oxidation sites excluding steroid dienone is 4. The predicted molar refractivity (Wildman–Crippen MR) is 127 cm³/mol. The Kier molecular flexibility index (Phi) is 4.44. The second-order valence-electron chi connectivity index (χ2n) is 7.92. The largest absolute Gasteiger partial charge is 0.288 e. The van der Waals surface area contributed by atoms with Crippen molar-refractivity contribution < 1.29 is 0 Å². The van der Waals surface area contributed by atoms with Gasteiger partial charge in [-0.3, -0.25) is 4.79 Å². The van der Waals surface area contributed by atoms with Gasteiger partial charge in [0.2, 0.25) is 0 Å². The molecule has 1 heterocycles. The molecule has 29 heavy (non-hydrogen) atoms. The Bertz CT molecular complexity index is 1350. The lowest BCUT2D eigenvalue weighted by Gasteiger charge is -2.14. The van der Waals surface area contributed by atoms with Gasteiger partial charge in [-0.1, -0.05) is 73.2 Å². The van der Waals surface area contributed by atoms with Crippen LogP contribution in [0.25, 0.3) is 36.9 Å². The van der Waals surface area contributed by atoms with Crippen molar-refractivity contribution in [1.82, 2.24) is 0 Å². The van der Waals surface area contributed by atoms with Crippen LogP contribution in [-0.2, 0) is 0 Å².